The van der Waals surface area contributed by atoms with E-state index in [-0.39, 0.29) is 11.9 Å². The summed E-state index contributed by atoms with van der Waals surface area (Å²) in [5.41, 5.74) is 2.07. The quantitative estimate of drug-likeness (QED) is 0.859. The largest absolute Gasteiger partial charge is 0.349 e. The lowest BCUT2D eigenvalue weighted by Gasteiger charge is -2.29. The maximum absolute atomic E-state index is 12.3. The molecule has 5 nitrogen and oxygen atoms in total. The number of piperidine rings is 1. The SMILES string of the molecule is Cc1cc(C(=O)NC(C)C2CCCNC2)c(C)nn1. The summed E-state index contributed by atoms with van der Waals surface area (Å²) in [7, 11) is 0. The van der Waals surface area contributed by atoms with E-state index in [2.05, 4.69) is 27.8 Å². The lowest BCUT2D eigenvalue weighted by atomic mass is 9.92. The number of aryl methyl sites for hydroxylation is 2. The Balaban J connectivity index is 2.01. The molecule has 2 N–H and O–H groups in total. The van der Waals surface area contributed by atoms with E-state index in [9.17, 15) is 4.79 Å². The maximum Gasteiger partial charge on any atom is 0.253 e. The number of hydrogen-bond donors (Lipinski definition) is 2. The minimum absolute atomic E-state index is 0.0476. The first-order chi connectivity index (χ1) is 9.08. The Morgan fingerprint density at radius 3 is 2.95 bits per heavy atom. The highest BCUT2D eigenvalue weighted by atomic mass is 16.1. The van der Waals surface area contributed by atoms with Gasteiger partial charge in [0.05, 0.1) is 17.0 Å². The van der Waals surface area contributed by atoms with Crippen LogP contribution in [0.3, 0.4) is 0 Å². The number of rotatable bonds is 3. The third kappa shape index (κ3) is 3.50. The lowest BCUT2D eigenvalue weighted by molar-refractivity contribution is 0.0920. The van der Waals surface area contributed by atoms with Gasteiger partial charge < -0.3 is 10.6 Å². The smallest absolute Gasteiger partial charge is 0.253 e. The van der Waals surface area contributed by atoms with Crippen molar-refractivity contribution in [3.8, 4) is 0 Å². The van der Waals surface area contributed by atoms with Gasteiger partial charge in [-0.1, -0.05) is 0 Å². The van der Waals surface area contributed by atoms with E-state index in [0.717, 1.165) is 18.8 Å². The first-order valence-electron chi connectivity index (χ1n) is 6.90. The van der Waals surface area contributed by atoms with E-state index in [4.69, 9.17) is 0 Å². The van der Waals surface area contributed by atoms with Crippen LogP contribution >= 0.6 is 0 Å². The summed E-state index contributed by atoms with van der Waals surface area (Å²) in [4.78, 5) is 12.3. The Morgan fingerprint density at radius 2 is 2.26 bits per heavy atom. The zero-order valence-electron chi connectivity index (χ0n) is 11.9. The van der Waals surface area contributed by atoms with Crippen LogP contribution in [0, 0.1) is 19.8 Å². The van der Waals surface area contributed by atoms with Crippen molar-refractivity contribution in [3.63, 3.8) is 0 Å². The van der Waals surface area contributed by atoms with Gasteiger partial charge in [-0.25, -0.2) is 0 Å². The molecule has 5 heteroatoms. The number of nitrogens with zero attached hydrogens (tertiary/aromatic N) is 2. The molecule has 19 heavy (non-hydrogen) atoms. The van der Waals surface area contributed by atoms with Crippen LogP contribution in [0.5, 0.6) is 0 Å². The maximum atomic E-state index is 12.3. The zero-order chi connectivity index (χ0) is 13.8. The molecule has 1 aromatic heterocycles. The molecule has 1 aromatic rings. The highest BCUT2D eigenvalue weighted by Crippen LogP contribution is 2.15. The third-order valence-electron chi connectivity index (χ3n) is 3.75. The average molecular weight is 262 g/mol. The summed E-state index contributed by atoms with van der Waals surface area (Å²) < 4.78 is 0. The van der Waals surface area contributed by atoms with E-state index in [1.807, 2.05) is 13.8 Å². The van der Waals surface area contributed by atoms with Crippen LogP contribution in [0.15, 0.2) is 6.07 Å². The van der Waals surface area contributed by atoms with Crippen molar-refractivity contribution < 1.29 is 4.79 Å². The molecule has 1 aliphatic heterocycles. The second kappa shape index (κ2) is 6.10. The Bertz CT molecular complexity index is 455. The monoisotopic (exact) mass is 262 g/mol. The zero-order valence-corrected chi connectivity index (χ0v) is 11.9. The van der Waals surface area contributed by atoms with Gasteiger partial charge in [-0.15, -0.1) is 0 Å². The minimum Gasteiger partial charge on any atom is -0.349 e. The molecule has 2 heterocycles. The molecule has 1 aliphatic rings. The molecule has 0 aliphatic carbocycles. The molecule has 1 amide bonds. The van der Waals surface area contributed by atoms with Crippen molar-refractivity contribution in [3.05, 3.63) is 23.0 Å². The number of carbonyl (C=O) groups excluding carboxylic acids is 1. The van der Waals surface area contributed by atoms with Crippen molar-refractivity contribution in [2.75, 3.05) is 13.1 Å². The van der Waals surface area contributed by atoms with E-state index in [1.165, 1.54) is 12.8 Å². The third-order valence-corrected chi connectivity index (χ3v) is 3.75. The number of aromatic nitrogens is 2. The van der Waals surface area contributed by atoms with Crippen molar-refractivity contribution in [2.45, 2.75) is 39.7 Å². The van der Waals surface area contributed by atoms with Gasteiger partial charge in [-0.05, 0) is 58.7 Å². The van der Waals surface area contributed by atoms with Gasteiger partial charge in [-0.3, -0.25) is 4.79 Å². The Labute approximate surface area is 114 Å². The molecular weight excluding hydrogens is 240 g/mol. The Hall–Kier alpha value is -1.49. The van der Waals surface area contributed by atoms with Crippen LogP contribution in [0.1, 0.15) is 41.5 Å². The van der Waals surface area contributed by atoms with E-state index in [0.29, 0.717) is 17.2 Å². The molecule has 2 rings (SSSR count). The number of carbonyl (C=O) groups is 1. The summed E-state index contributed by atoms with van der Waals surface area (Å²) in [5, 5.41) is 14.4. The molecule has 2 unspecified atom stereocenters. The van der Waals surface area contributed by atoms with Gasteiger partial charge in [0.1, 0.15) is 0 Å². The normalized spacial score (nSPS) is 20.9. The first-order valence-corrected chi connectivity index (χ1v) is 6.90. The Kier molecular flexibility index (Phi) is 4.47. The summed E-state index contributed by atoms with van der Waals surface area (Å²) in [6, 6.07) is 1.97. The summed E-state index contributed by atoms with van der Waals surface area (Å²) >= 11 is 0. The van der Waals surface area contributed by atoms with Crippen LogP contribution < -0.4 is 10.6 Å². The molecule has 2 atom stereocenters. The van der Waals surface area contributed by atoms with Gasteiger partial charge in [0, 0.05) is 6.04 Å². The van der Waals surface area contributed by atoms with E-state index >= 15 is 0 Å². The molecular formula is C14H22N4O. The molecule has 0 aromatic carbocycles. The molecule has 1 fully saturated rings. The molecule has 104 valence electrons. The average Bonchev–Trinajstić information content (AvgIpc) is 2.42. The summed E-state index contributed by atoms with van der Waals surface area (Å²) in [6.45, 7) is 7.80. The van der Waals surface area contributed by atoms with Crippen molar-refractivity contribution >= 4 is 5.91 Å². The summed E-state index contributed by atoms with van der Waals surface area (Å²) in [6.07, 6.45) is 2.35. The highest BCUT2D eigenvalue weighted by Gasteiger charge is 2.22. The van der Waals surface area contributed by atoms with Gasteiger partial charge >= 0.3 is 0 Å². The predicted molar refractivity (Wildman–Crippen MR) is 74.0 cm³/mol. The fraction of sp³-hybridized carbons (Fsp3) is 0.643. The number of nitrogens with one attached hydrogen (secondary N) is 2. The Morgan fingerprint density at radius 1 is 1.47 bits per heavy atom. The van der Waals surface area contributed by atoms with Crippen LogP contribution in [0.25, 0.3) is 0 Å². The van der Waals surface area contributed by atoms with Gasteiger partial charge in [-0.2, -0.15) is 10.2 Å². The van der Waals surface area contributed by atoms with Crippen LogP contribution in [-0.2, 0) is 0 Å². The second-order valence-electron chi connectivity index (χ2n) is 5.35. The van der Waals surface area contributed by atoms with Crippen LogP contribution in [0.4, 0.5) is 0 Å². The van der Waals surface area contributed by atoms with Gasteiger partial charge in [0.15, 0.2) is 0 Å². The lowest BCUT2D eigenvalue weighted by Crippen LogP contribution is -2.44. The molecule has 0 bridgehead atoms. The number of amides is 1. The fourth-order valence-corrected chi connectivity index (χ4v) is 2.49. The summed E-state index contributed by atoms with van der Waals surface area (Å²) in [5.74, 6) is 0.461. The number of hydrogen-bond acceptors (Lipinski definition) is 4. The van der Waals surface area contributed by atoms with Crippen molar-refractivity contribution in [1.29, 1.82) is 0 Å². The topological polar surface area (TPSA) is 66.9 Å². The second-order valence-corrected chi connectivity index (χ2v) is 5.35. The van der Waals surface area contributed by atoms with Crippen molar-refractivity contribution in [1.82, 2.24) is 20.8 Å². The standard InChI is InChI=1S/C14H22N4O/c1-9-7-13(11(3)18-17-9)14(19)16-10(2)12-5-4-6-15-8-12/h7,10,12,15H,4-6,8H2,1-3H3,(H,16,19). The van der Waals surface area contributed by atoms with E-state index in [1.54, 1.807) is 6.07 Å². The first kappa shape index (κ1) is 13.9. The van der Waals surface area contributed by atoms with Crippen molar-refractivity contribution in [2.24, 2.45) is 5.92 Å². The van der Waals surface area contributed by atoms with Gasteiger partial charge in [0.2, 0.25) is 0 Å². The van der Waals surface area contributed by atoms with Crippen LogP contribution in [-0.4, -0.2) is 35.2 Å². The molecule has 0 spiro atoms. The highest BCUT2D eigenvalue weighted by molar-refractivity contribution is 5.95. The predicted octanol–water partition coefficient (Wildman–Crippen LogP) is 1.21. The van der Waals surface area contributed by atoms with Crippen LogP contribution in [0.2, 0.25) is 0 Å². The molecule has 1 saturated heterocycles. The van der Waals surface area contributed by atoms with Gasteiger partial charge in [0.25, 0.3) is 5.91 Å². The molecule has 0 saturated carbocycles. The van der Waals surface area contributed by atoms with E-state index < -0.39 is 0 Å². The fourth-order valence-electron chi connectivity index (χ4n) is 2.49. The molecule has 0 radical (unpaired) electrons. The minimum atomic E-state index is -0.0476.